The lowest BCUT2D eigenvalue weighted by Gasteiger charge is -2.19. The molecule has 0 unspecified atom stereocenters. The van der Waals surface area contributed by atoms with Gasteiger partial charge in [-0.1, -0.05) is 36.4 Å². The maximum Gasteiger partial charge on any atom is 0.161 e. The molecule has 1 atom stereocenters. The van der Waals surface area contributed by atoms with Crippen molar-refractivity contribution in [2.24, 2.45) is 5.73 Å². The van der Waals surface area contributed by atoms with Crippen LogP contribution in [0.15, 0.2) is 48.5 Å². The number of ether oxygens (including phenoxy) is 2. The first kappa shape index (κ1) is 14.0. The molecule has 2 N–H and O–H groups in total. The Bertz CT molecular complexity index is 583. The molecule has 0 amide bonds. The van der Waals surface area contributed by atoms with E-state index in [9.17, 15) is 0 Å². The van der Waals surface area contributed by atoms with Crippen molar-refractivity contribution in [3.63, 3.8) is 0 Å². The lowest BCUT2D eigenvalue weighted by molar-refractivity contribution is 0.223. The monoisotopic (exact) mass is 283 g/mol. The van der Waals surface area contributed by atoms with Crippen molar-refractivity contribution in [3.8, 4) is 11.5 Å². The Kier molecular flexibility index (Phi) is 4.41. The SMILES string of the molecule is N[C@H](Cc1ccccc1)c1ccc2c(c1)OCCCCO2. The van der Waals surface area contributed by atoms with Crippen molar-refractivity contribution >= 4 is 0 Å². The third kappa shape index (κ3) is 3.56. The molecule has 1 aliphatic rings. The first-order valence-corrected chi connectivity index (χ1v) is 7.52. The summed E-state index contributed by atoms with van der Waals surface area (Å²) in [6.07, 6.45) is 2.88. The Morgan fingerprint density at radius 3 is 2.38 bits per heavy atom. The summed E-state index contributed by atoms with van der Waals surface area (Å²) >= 11 is 0. The number of nitrogens with two attached hydrogens (primary N) is 1. The van der Waals surface area contributed by atoms with Gasteiger partial charge in [-0.05, 0) is 42.5 Å². The summed E-state index contributed by atoms with van der Waals surface area (Å²) in [7, 11) is 0. The molecule has 0 saturated carbocycles. The van der Waals surface area contributed by atoms with E-state index < -0.39 is 0 Å². The number of hydrogen-bond acceptors (Lipinski definition) is 3. The van der Waals surface area contributed by atoms with Gasteiger partial charge in [0.15, 0.2) is 11.5 Å². The fourth-order valence-electron chi connectivity index (χ4n) is 2.54. The highest BCUT2D eigenvalue weighted by atomic mass is 16.5. The van der Waals surface area contributed by atoms with Crippen LogP contribution in [0.25, 0.3) is 0 Å². The molecule has 0 saturated heterocycles. The average molecular weight is 283 g/mol. The van der Waals surface area contributed by atoms with Gasteiger partial charge in [0.05, 0.1) is 13.2 Å². The van der Waals surface area contributed by atoms with Crippen molar-refractivity contribution < 1.29 is 9.47 Å². The Hall–Kier alpha value is -2.00. The van der Waals surface area contributed by atoms with Gasteiger partial charge >= 0.3 is 0 Å². The molecule has 2 aromatic carbocycles. The molecule has 0 aliphatic carbocycles. The van der Waals surface area contributed by atoms with E-state index >= 15 is 0 Å². The van der Waals surface area contributed by atoms with Crippen LogP contribution in [-0.2, 0) is 6.42 Å². The van der Waals surface area contributed by atoms with Gasteiger partial charge in [-0.15, -0.1) is 0 Å². The topological polar surface area (TPSA) is 44.5 Å². The van der Waals surface area contributed by atoms with E-state index in [2.05, 4.69) is 12.1 Å². The zero-order chi connectivity index (χ0) is 14.5. The maximum absolute atomic E-state index is 6.33. The van der Waals surface area contributed by atoms with E-state index in [1.807, 2.05) is 36.4 Å². The fourth-order valence-corrected chi connectivity index (χ4v) is 2.54. The second-order valence-electron chi connectivity index (χ2n) is 5.41. The molecule has 2 aromatic rings. The maximum atomic E-state index is 6.33. The van der Waals surface area contributed by atoms with Gasteiger partial charge in [0.1, 0.15) is 0 Å². The molecule has 110 valence electrons. The van der Waals surface area contributed by atoms with Gasteiger partial charge in [-0.3, -0.25) is 0 Å². The number of rotatable bonds is 3. The Morgan fingerprint density at radius 2 is 1.62 bits per heavy atom. The summed E-state index contributed by atoms with van der Waals surface area (Å²) in [6.45, 7) is 1.50. The molecule has 0 fully saturated rings. The van der Waals surface area contributed by atoms with Crippen LogP contribution >= 0.6 is 0 Å². The van der Waals surface area contributed by atoms with Gasteiger partial charge in [0.2, 0.25) is 0 Å². The molecule has 0 bridgehead atoms. The predicted molar refractivity (Wildman–Crippen MR) is 83.7 cm³/mol. The van der Waals surface area contributed by atoms with Crippen LogP contribution in [0.1, 0.15) is 30.0 Å². The molecule has 3 nitrogen and oxygen atoms in total. The van der Waals surface area contributed by atoms with E-state index in [-0.39, 0.29) is 6.04 Å². The predicted octanol–water partition coefficient (Wildman–Crippen LogP) is 3.48. The summed E-state index contributed by atoms with van der Waals surface area (Å²) in [5.74, 6) is 1.64. The lowest BCUT2D eigenvalue weighted by atomic mass is 9.99. The van der Waals surface area contributed by atoms with Crippen LogP contribution in [-0.4, -0.2) is 13.2 Å². The highest BCUT2D eigenvalue weighted by Gasteiger charge is 2.13. The second kappa shape index (κ2) is 6.64. The van der Waals surface area contributed by atoms with Crippen LogP contribution in [0.2, 0.25) is 0 Å². The van der Waals surface area contributed by atoms with Crippen LogP contribution < -0.4 is 15.2 Å². The number of benzene rings is 2. The zero-order valence-corrected chi connectivity index (χ0v) is 12.1. The Labute approximate surface area is 125 Å². The Morgan fingerprint density at radius 1 is 0.905 bits per heavy atom. The Balaban J connectivity index is 1.77. The first-order valence-electron chi connectivity index (χ1n) is 7.52. The highest BCUT2D eigenvalue weighted by Crippen LogP contribution is 2.32. The number of fused-ring (bicyclic) bond motifs is 1. The van der Waals surface area contributed by atoms with E-state index in [0.717, 1.165) is 49.5 Å². The zero-order valence-electron chi connectivity index (χ0n) is 12.1. The molecule has 0 aromatic heterocycles. The van der Waals surface area contributed by atoms with E-state index in [4.69, 9.17) is 15.2 Å². The largest absolute Gasteiger partial charge is 0.490 e. The minimum absolute atomic E-state index is 0.0354. The van der Waals surface area contributed by atoms with Crippen molar-refractivity contribution in [3.05, 3.63) is 59.7 Å². The van der Waals surface area contributed by atoms with E-state index in [1.165, 1.54) is 5.56 Å². The third-order valence-corrected chi connectivity index (χ3v) is 3.75. The molecular formula is C18H21NO2. The summed E-state index contributed by atoms with van der Waals surface area (Å²) in [5.41, 5.74) is 8.66. The minimum atomic E-state index is -0.0354. The van der Waals surface area contributed by atoms with Crippen molar-refractivity contribution in [2.75, 3.05) is 13.2 Å². The summed E-state index contributed by atoms with van der Waals surface area (Å²) in [5, 5.41) is 0. The molecule has 1 aliphatic heterocycles. The molecule has 0 radical (unpaired) electrons. The van der Waals surface area contributed by atoms with Crippen molar-refractivity contribution in [1.29, 1.82) is 0 Å². The standard InChI is InChI=1S/C18H21NO2/c19-16(12-14-6-2-1-3-7-14)15-8-9-17-18(13-15)21-11-5-4-10-20-17/h1-3,6-9,13,16H,4-5,10-12,19H2/t16-/m1/s1. The summed E-state index contributed by atoms with van der Waals surface area (Å²) in [6, 6.07) is 16.3. The average Bonchev–Trinajstić information content (AvgIpc) is 2.48. The quantitative estimate of drug-likeness (QED) is 0.938. The molecule has 0 spiro atoms. The highest BCUT2D eigenvalue weighted by molar-refractivity contribution is 5.44. The van der Waals surface area contributed by atoms with Crippen LogP contribution in [0.3, 0.4) is 0 Å². The second-order valence-corrected chi connectivity index (χ2v) is 5.41. The molecule has 3 heteroatoms. The molecule has 21 heavy (non-hydrogen) atoms. The van der Waals surface area contributed by atoms with Gasteiger partial charge in [-0.2, -0.15) is 0 Å². The number of hydrogen-bond donors (Lipinski definition) is 1. The minimum Gasteiger partial charge on any atom is -0.490 e. The normalized spacial score (nSPS) is 15.9. The first-order chi connectivity index (χ1) is 10.3. The summed E-state index contributed by atoms with van der Waals surface area (Å²) < 4.78 is 11.5. The van der Waals surface area contributed by atoms with Gasteiger partial charge in [0, 0.05) is 6.04 Å². The third-order valence-electron chi connectivity index (χ3n) is 3.75. The van der Waals surface area contributed by atoms with Gasteiger partial charge in [0.25, 0.3) is 0 Å². The smallest absolute Gasteiger partial charge is 0.161 e. The molecular weight excluding hydrogens is 262 g/mol. The van der Waals surface area contributed by atoms with Crippen LogP contribution in [0.4, 0.5) is 0 Å². The summed E-state index contributed by atoms with van der Waals surface area (Å²) in [4.78, 5) is 0. The lowest BCUT2D eigenvalue weighted by Crippen LogP contribution is -2.14. The van der Waals surface area contributed by atoms with Gasteiger partial charge < -0.3 is 15.2 Å². The fraction of sp³-hybridized carbons (Fsp3) is 0.333. The van der Waals surface area contributed by atoms with Gasteiger partial charge in [-0.25, -0.2) is 0 Å². The molecule has 3 rings (SSSR count). The van der Waals surface area contributed by atoms with Crippen LogP contribution in [0, 0.1) is 0 Å². The van der Waals surface area contributed by atoms with E-state index in [0.29, 0.717) is 0 Å². The van der Waals surface area contributed by atoms with E-state index in [1.54, 1.807) is 0 Å². The van der Waals surface area contributed by atoms with Crippen molar-refractivity contribution in [1.82, 2.24) is 0 Å². The van der Waals surface area contributed by atoms with Crippen molar-refractivity contribution in [2.45, 2.75) is 25.3 Å². The van der Waals surface area contributed by atoms with Crippen LogP contribution in [0.5, 0.6) is 11.5 Å². The molecule has 1 heterocycles.